The van der Waals surface area contributed by atoms with E-state index in [1.807, 2.05) is 71.4 Å². The SMILES string of the molecule is CC(C)Cc1cc(-c2c(CC(C)C)cc(OCc3ccccc3)c(=O)n2CCc2ccccc2)ccn1. The average molecular weight is 495 g/mol. The van der Waals surface area contributed by atoms with Gasteiger partial charge in [-0.1, -0.05) is 88.4 Å². The third-order valence-electron chi connectivity index (χ3n) is 6.37. The second-order valence-corrected chi connectivity index (χ2v) is 10.6. The first-order valence-electron chi connectivity index (χ1n) is 13.3. The first kappa shape index (κ1) is 26.4. The number of nitrogens with zero attached hydrogens (tertiary/aromatic N) is 2. The highest BCUT2D eigenvalue weighted by molar-refractivity contribution is 5.65. The highest BCUT2D eigenvalue weighted by Crippen LogP contribution is 2.29. The zero-order chi connectivity index (χ0) is 26.2. The highest BCUT2D eigenvalue weighted by atomic mass is 16.5. The van der Waals surface area contributed by atoms with Crippen LogP contribution in [0, 0.1) is 11.8 Å². The van der Waals surface area contributed by atoms with E-state index in [-0.39, 0.29) is 5.56 Å². The summed E-state index contributed by atoms with van der Waals surface area (Å²) in [5.74, 6) is 1.34. The maximum atomic E-state index is 13.9. The number of ether oxygens (including phenoxy) is 1. The van der Waals surface area contributed by atoms with Crippen molar-refractivity contribution in [2.75, 3.05) is 0 Å². The van der Waals surface area contributed by atoms with Crippen molar-refractivity contribution in [1.82, 2.24) is 9.55 Å². The van der Waals surface area contributed by atoms with Gasteiger partial charge in [-0.15, -0.1) is 0 Å². The number of pyridine rings is 2. The lowest BCUT2D eigenvalue weighted by Gasteiger charge is -2.21. The van der Waals surface area contributed by atoms with Crippen LogP contribution >= 0.6 is 0 Å². The van der Waals surface area contributed by atoms with Gasteiger partial charge in [-0.25, -0.2) is 0 Å². The molecule has 2 heterocycles. The Balaban J connectivity index is 1.82. The van der Waals surface area contributed by atoms with Gasteiger partial charge in [-0.2, -0.15) is 0 Å². The van der Waals surface area contributed by atoms with E-state index in [0.717, 1.165) is 47.3 Å². The molecule has 0 N–H and O–H groups in total. The zero-order valence-electron chi connectivity index (χ0n) is 22.5. The van der Waals surface area contributed by atoms with Gasteiger partial charge < -0.3 is 9.30 Å². The number of hydrogen-bond donors (Lipinski definition) is 0. The summed E-state index contributed by atoms with van der Waals surface area (Å²) in [6.07, 6.45) is 4.39. The molecular formula is C33H38N2O2. The van der Waals surface area contributed by atoms with E-state index in [4.69, 9.17) is 4.74 Å². The molecule has 2 aromatic heterocycles. The van der Waals surface area contributed by atoms with Crippen LogP contribution in [0.5, 0.6) is 5.75 Å². The van der Waals surface area contributed by atoms with Crippen molar-refractivity contribution >= 4 is 0 Å². The summed E-state index contributed by atoms with van der Waals surface area (Å²) in [7, 11) is 0. The summed E-state index contributed by atoms with van der Waals surface area (Å²) < 4.78 is 8.09. The van der Waals surface area contributed by atoms with Gasteiger partial charge in [0.2, 0.25) is 0 Å². The topological polar surface area (TPSA) is 44.1 Å². The van der Waals surface area contributed by atoms with Crippen molar-refractivity contribution in [1.29, 1.82) is 0 Å². The fourth-order valence-corrected chi connectivity index (χ4v) is 4.73. The van der Waals surface area contributed by atoms with Crippen LogP contribution in [0.3, 0.4) is 0 Å². The number of rotatable bonds is 11. The van der Waals surface area contributed by atoms with Crippen LogP contribution in [-0.4, -0.2) is 9.55 Å². The molecular weight excluding hydrogens is 456 g/mol. The summed E-state index contributed by atoms with van der Waals surface area (Å²) in [6.45, 7) is 9.77. The Morgan fingerprint density at radius 1 is 0.811 bits per heavy atom. The Kier molecular flexibility index (Phi) is 8.95. The normalized spacial score (nSPS) is 11.3. The Labute approximate surface area is 221 Å². The first-order chi connectivity index (χ1) is 17.9. The van der Waals surface area contributed by atoms with Gasteiger partial charge in [0.05, 0.1) is 5.69 Å². The Bertz CT molecular complexity index is 1340. The molecule has 0 amide bonds. The number of aryl methyl sites for hydroxylation is 1. The molecule has 4 nitrogen and oxygen atoms in total. The van der Waals surface area contributed by atoms with Crippen molar-refractivity contribution in [3.63, 3.8) is 0 Å². The molecule has 2 aromatic carbocycles. The van der Waals surface area contributed by atoms with E-state index in [2.05, 4.69) is 50.9 Å². The lowest BCUT2D eigenvalue weighted by molar-refractivity contribution is 0.298. The average Bonchev–Trinajstić information content (AvgIpc) is 2.88. The van der Waals surface area contributed by atoms with Crippen LogP contribution in [0.1, 0.15) is 50.1 Å². The molecule has 0 atom stereocenters. The fraction of sp³-hybridized carbons (Fsp3) is 0.333. The van der Waals surface area contributed by atoms with Gasteiger partial charge in [-0.05, 0) is 66.0 Å². The molecule has 37 heavy (non-hydrogen) atoms. The van der Waals surface area contributed by atoms with Gasteiger partial charge in [0.1, 0.15) is 6.61 Å². The maximum absolute atomic E-state index is 13.9. The molecule has 0 saturated carbocycles. The molecule has 0 unspecified atom stereocenters. The smallest absolute Gasteiger partial charge is 0.293 e. The minimum absolute atomic E-state index is 0.0865. The van der Waals surface area contributed by atoms with E-state index in [1.165, 1.54) is 5.56 Å². The van der Waals surface area contributed by atoms with Crippen molar-refractivity contribution in [3.8, 4) is 17.0 Å². The molecule has 0 aliphatic heterocycles. The molecule has 4 aromatic rings. The van der Waals surface area contributed by atoms with E-state index in [9.17, 15) is 4.79 Å². The third kappa shape index (κ3) is 7.19. The van der Waals surface area contributed by atoms with Crippen molar-refractivity contribution in [2.24, 2.45) is 11.8 Å². The predicted molar refractivity (Wildman–Crippen MR) is 152 cm³/mol. The maximum Gasteiger partial charge on any atom is 0.293 e. The molecule has 0 aliphatic carbocycles. The van der Waals surface area contributed by atoms with E-state index < -0.39 is 0 Å². The number of benzene rings is 2. The van der Waals surface area contributed by atoms with Crippen LogP contribution in [0.2, 0.25) is 0 Å². The molecule has 0 fully saturated rings. The second-order valence-electron chi connectivity index (χ2n) is 10.6. The van der Waals surface area contributed by atoms with Crippen molar-refractivity contribution in [3.05, 3.63) is 118 Å². The summed E-state index contributed by atoms with van der Waals surface area (Å²) in [4.78, 5) is 18.5. The molecule has 0 spiro atoms. The highest BCUT2D eigenvalue weighted by Gasteiger charge is 2.19. The summed E-state index contributed by atoms with van der Waals surface area (Å²) in [5, 5.41) is 0. The minimum Gasteiger partial charge on any atom is -0.483 e. The summed E-state index contributed by atoms with van der Waals surface area (Å²) >= 11 is 0. The van der Waals surface area contributed by atoms with Gasteiger partial charge in [0, 0.05) is 24.0 Å². The summed E-state index contributed by atoms with van der Waals surface area (Å²) in [5.41, 5.74) is 6.37. The van der Waals surface area contributed by atoms with Gasteiger partial charge in [0.15, 0.2) is 5.75 Å². The van der Waals surface area contributed by atoms with Crippen LogP contribution in [0.25, 0.3) is 11.3 Å². The van der Waals surface area contributed by atoms with Crippen LogP contribution in [-0.2, 0) is 32.4 Å². The number of hydrogen-bond acceptors (Lipinski definition) is 3. The molecule has 0 bridgehead atoms. The van der Waals surface area contributed by atoms with Gasteiger partial charge >= 0.3 is 0 Å². The molecule has 192 valence electrons. The van der Waals surface area contributed by atoms with Crippen molar-refractivity contribution in [2.45, 2.75) is 60.1 Å². The third-order valence-corrected chi connectivity index (χ3v) is 6.37. The summed E-state index contributed by atoms with van der Waals surface area (Å²) in [6, 6.07) is 26.5. The first-order valence-corrected chi connectivity index (χ1v) is 13.3. The van der Waals surface area contributed by atoms with E-state index in [0.29, 0.717) is 30.7 Å². The zero-order valence-corrected chi connectivity index (χ0v) is 22.5. The van der Waals surface area contributed by atoms with Crippen LogP contribution < -0.4 is 10.3 Å². The largest absolute Gasteiger partial charge is 0.483 e. The molecule has 0 aliphatic rings. The van der Waals surface area contributed by atoms with E-state index in [1.54, 1.807) is 0 Å². The van der Waals surface area contributed by atoms with Crippen LogP contribution in [0.15, 0.2) is 89.9 Å². The number of aromatic nitrogens is 2. The monoisotopic (exact) mass is 494 g/mol. The standard InChI is InChI=1S/C33H38N2O2/c1-24(2)19-29-22-31(37-23-27-13-9-6-10-14-27)33(36)35(18-16-26-11-7-5-8-12-26)32(29)28-15-17-34-30(21-28)20-25(3)4/h5-15,17,21-22,24-25H,16,18-20,23H2,1-4H3. The van der Waals surface area contributed by atoms with E-state index >= 15 is 0 Å². The molecule has 0 radical (unpaired) electrons. The lowest BCUT2D eigenvalue weighted by Crippen LogP contribution is -2.26. The molecule has 4 rings (SSSR count). The minimum atomic E-state index is -0.0865. The lowest BCUT2D eigenvalue weighted by atomic mass is 9.96. The predicted octanol–water partition coefficient (Wildman–Crippen LogP) is 7.13. The second kappa shape index (κ2) is 12.5. The Hall–Kier alpha value is -3.66. The van der Waals surface area contributed by atoms with Crippen molar-refractivity contribution < 1.29 is 4.74 Å². The fourth-order valence-electron chi connectivity index (χ4n) is 4.73. The molecule has 0 saturated heterocycles. The Morgan fingerprint density at radius 3 is 2.11 bits per heavy atom. The Morgan fingerprint density at radius 2 is 1.46 bits per heavy atom. The molecule has 4 heteroatoms. The van der Waals surface area contributed by atoms with Crippen LogP contribution in [0.4, 0.5) is 0 Å². The van der Waals surface area contributed by atoms with Gasteiger partial charge in [0.25, 0.3) is 5.56 Å². The van der Waals surface area contributed by atoms with Gasteiger partial charge in [-0.3, -0.25) is 9.78 Å². The quantitative estimate of drug-likeness (QED) is 0.223.